The van der Waals surface area contributed by atoms with Gasteiger partial charge in [0.05, 0.1) is 11.8 Å². The molecule has 0 spiro atoms. The minimum Gasteiger partial charge on any atom is -0.481 e. The molecule has 0 fully saturated rings. The zero-order valence-corrected chi connectivity index (χ0v) is 10.8. The van der Waals surface area contributed by atoms with Crippen molar-refractivity contribution in [2.24, 2.45) is 0 Å². The highest BCUT2D eigenvalue weighted by molar-refractivity contribution is 5.93. The molecule has 104 valence electrons. The molecule has 0 aliphatic heterocycles. The second kappa shape index (κ2) is 5.56. The minimum absolute atomic E-state index is 0.133. The lowest BCUT2D eigenvalue weighted by molar-refractivity contribution is -0.137. The molecule has 2 rings (SSSR count). The van der Waals surface area contributed by atoms with E-state index < -0.39 is 17.9 Å². The van der Waals surface area contributed by atoms with Crippen LogP contribution in [0.3, 0.4) is 0 Å². The molecular formula is C14H13NO5. The van der Waals surface area contributed by atoms with E-state index in [1.54, 1.807) is 31.2 Å². The highest BCUT2D eigenvalue weighted by atomic mass is 16.4. The first kappa shape index (κ1) is 13.8. The average Bonchev–Trinajstić information content (AvgIpc) is 2.37. The van der Waals surface area contributed by atoms with Gasteiger partial charge in [-0.15, -0.1) is 0 Å². The van der Waals surface area contributed by atoms with Gasteiger partial charge in [-0.05, 0) is 19.1 Å². The summed E-state index contributed by atoms with van der Waals surface area (Å²) in [6, 6.07) is 7.14. The van der Waals surface area contributed by atoms with E-state index in [0.29, 0.717) is 11.0 Å². The second-order valence-electron chi connectivity index (χ2n) is 4.44. The molecule has 0 bridgehead atoms. The van der Waals surface area contributed by atoms with Crippen LogP contribution >= 0.6 is 0 Å². The molecule has 2 aromatic rings. The van der Waals surface area contributed by atoms with Crippen molar-refractivity contribution >= 4 is 22.8 Å². The predicted octanol–water partition coefficient (Wildman–Crippen LogP) is 1.39. The number of hydrogen-bond donors (Lipinski definition) is 2. The Hall–Kier alpha value is -2.63. The Balaban J connectivity index is 2.27. The van der Waals surface area contributed by atoms with Gasteiger partial charge in [-0.25, -0.2) is 0 Å². The quantitative estimate of drug-likeness (QED) is 0.878. The van der Waals surface area contributed by atoms with Gasteiger partial charge >= 0.3 is 5.97 Å². The number of carbonyl (C=O) groups excluding carboxylic acids is 1. The summed E-state index contributed by atoms with van der Waals surface area (Å²) >= 11 is 0. The maximum Gasteiger partial charge on any atom is 0.305 e. The zero-order valence-electron chi connectivity index (χ0n) is 10.8. The van der Waals surface area contributed by atoms with Crippen molar-refractivity contribution in [3.05, 3.63) is 46.3 Å². The van der Waals surface area contributed by atoms with E-state index in [0.717, 1.165) is 6.07 Å². The van der Waals surface area contributed by atoms with Gasteiger partial charge in [0.15, 0.2) is 11.2 Å². The fourth-order valence-electron chi connectivity index (χ4n) is 1.82. The van der Waals surface area contributed by atoms with E-state index in [4.69, 9.17) is 9.52 Å². The number of carbonyl (C=O) groups is 2. The molecule has 2 N–H and O–H groups in total. The number of fused-ring (bicyclic) bond motifs is 1. The molecule has 1 unspecified atom stereocenters. The van der Waals surface area contributed by atoms with Gasteiger partial charge in [0.1, 0.15) is 5.58 Å². The maximum absolute atomic E-state index is 11.9. The summed E-state index contributed by atoms with van der Waals surface area (Å²) in [4.78, 5) is 34.3. The Labute approximate surface area is 114 Å². The zero-order chi connectivity index (χ0) is 14.7. The highest BCUT2D eigenvalue weighted by Gasteiger charge is 2.16. The molecule has 1 amide bonds. The van der Waals surface area contributed by atoms with Crippen LogP contribution in [-0.2, 0) is 4.79 Å². The summed E-state index contributed by atoms with van der Waals surface area (Å²) in [5, 5.41) is 11.5. The van der Waals surface area contributed by atoms with Gasteiger partial charge in [-0.2, -0.15) is 0 Å². The van der Waals surface area contributed by atoms with Gasteiger partial charge in [0, 0.05) is 12.1 Å². The van der Waals surface area contributed by atoms with Crippen molar-refractivity contribution < 1.29 is 19.1 Å². The number of hydrogen-bond acceptors (Lipinski definition) is 4. The van der Waals surface area contributed by atoms with Crippen LogP contribution < -0.4 is 10.7 Å². The molecule has 0 saturated carbocycles. The van der Waals surface area contributed by atoms with Crippen LogP contribution in [0.4, 0.5) is 0 Å². The fourth-order valence-corrected chi connectivity index (χ4v) is 1.82. The molecule has 20 heavy (non-hydrogen) atoms. The predicted molar refractivity (Wildman–Crippen MR) is 71.7 cm³/mol. The van der Waals surface area contributed by atoms with Crippen molar-refractivity contribution in [2.75, 3.05) is 0 Å². The Kier molecular flexibility index (Phi) is 3.84. The summed E-state index contributed by atoms with van der Waals surface area (Å²) in [6.45, 7) is 1.56. The lowest BCUT2D eigenvalue weighted by Gasteiger charge is -2.10. The van der Waals surface area contributed by atoms with Crippen LogP contribution in [0.25, 0.3) is 11.0 Å². The first-order chi connectivity index (χ1) is 9.47. The van der Waals surface area contributed by atoms with Crippen LogP contribution in [0.1, 0.15) is 23.9 Å². The van der Waals surface area contributed by atoms with Crippen LogP contribution in [0.15, 0.2) is 39.5 Å². The summed E-state index contributed by atoms with van der Waals surface area (Å²) in [7, 11) is 0. The van der Waals surface area contributed by atoms with E-state index in [1.165, 1.54) is 0 Å². The third-order valence-corrected chi connectivity index (χ3v) is 2.72. The summed E-state index contributed by atoms with van der Waals surface area (Å²) < 4.78 is 5.35. The Morgan fingerprint density at radius 2 is 2.05 bits per heavy atom. The first-order valence-electron chi connectivity index (χ1n) is 6.03. The molecule has 1 atom stereocenters. The SMILES string of the molecule is CC(CC(=O)O)NC(=O)c1cc(=O)c2ccccc2o1. The van der Waals surface area contributed by atoms with Crippen LogP contribution in [-0.4, -0.2) is 23.0 Å². The van der Waals surface area contributed by atoms with Crippen LogP contribution in [0.2, 0.25) is 0 Å². The molecule has 0 aliphatic carbocycles. The highest BCUT2D eigenvalue weighted by Crippen LogP contribution is 2.11. The molecule has 0 aliphatic rings. The van der Waals surface area contributed by atoms with Crippen molar-refractivity contribution in [3.8, 4) is 0 Å². The third-order valence-electron chi connectivity index (χ3n) is 2.72. The third kappa shape index (κ3) is 3.03. The number of carboxylic acids is 1. The largest absolute Gasteiger partial charge is 0.481 e. The molecule has 0 radical (unpaired) electrons. The number of nitrogens with one attached hydrogen (secondary N) is 1. The Bertz CT molecular complexity index is 719. The number of aliphatic carboxylic acids is 1. The summed E-state index contributed by atoms with van der Waals surface area (Å²) in [5.41, 5.74) is -0.000995. The van der Waals surface area contributed by atoms with Gasteiger partial charge in [-0.3, -0.25) is 14.4 Å². The van der Waals surface area contributed by atoms with Gasteiger partial charge < -0.3 is 14.8 Å². The molecule has 0 saturated heterocycles. The molecule has 1 aromatic carbocycles. The van der Waals surface area contributed by atoms with E-state index >= 15 is 0 Å². The average molecular weight is 275 g/mol. The van der Waals surface area contributed by atoms with E-state index in [9.17, 15) is 14.4 Å². The Morgan fingerprint density at radius 3 is 2.75 bits per heavy atom. The molecule has 6 nitrogen and oxygen atoms in total. The molecule has 1 heterocycles. The van der Waals surface area contributed by atoms with Gasteiger partial charge in [-0.1, -0.05) is 12.1 Å². The van der Waals surface area contributed by atoms with Crippen molar-refractivity contribution in [3.63, 3.8) is 0 Å². The number of benzene rings is 1. The molecule has 1 aromatic heterocycles. The summed E-state index contributed by atoms with van der Waals surface area (Å²) in [6.07, 6.45) is -0.205. The first-order valence-corrected chi connectivity index (χ1v) is 6.03. The van der Waals surface area contributed by atoms with Gasteiger partial charge in [0.25, 0.3) is 5.91 Å². The molecular weight excluding hydrogens is 262 g/mol. The maximum atomic E-state index is 11.9. The molecule has 6 heteroatoms. The standard InChI is InChI=1S/C14H13NO5/c1-8(6-13(17)18)15-14(19)12-7-10(16)9-4-2-3-5-11(9)20-12/h2-5,7-8H,6H2,1H3,(H,15,19)(H,17,18). The van der Waals surface area contributed by atoms with Gasteiger partial charge in [0.2, 0.25) is 0 Å². The second-order valence-corrected chi connectivity index (χ2v) is 4.44. The lowest BCUT2D eigenvalue weighted by Crippen LogP contribution is -2.34. The van der Waals surface area contributed by atoms with Crippen molar-refractivity contribution in [1.29, 1.82) is 0 Å². The van der Waals surface area contributed by atoms with E-state index in [-0.39, 0.29) is 17.6 Å². The van der Waals surface area contributed by atoms with E-state index in [2.05, 4.69) is 5.32 Å². The normalized spacial score (nSPS) is 12.1. The number of para-hydroxylation sites is 1. The van der Waals surface area contributed by atoms with Crippen molar-refractivity contribution in [1.82, 2.24) is 5.32 Å². The lowest BCUT2D eigenvalue weighted by atomic mass is 10.2. The number of carboxylic acid groups (broad SMARTS) is 1. The van der Waals surface area contributed by atoms with E-state index in [1.807, 2.05) is 0 Å². The van der Waals surface area contributed by atoms with Crippen LogP contribution in [0.5, 0.6) is 0 Å². The smallest absolute Gasteiger partial charge is 0.305 e. The number of amides is 1. The minimum atomic E-state index is -1.02. The number of rotatable bonds is 4. The monoisotopic (exact) mass is 275 g/mol. The Morgan fingerprint density at radius 1 is 1.35 bits per heavy atom. The topological polar surface area (TPSA) is 96.6 Å². The van der Waals surface area contributed by atoms with Crippen LogP contribution in [0, 0.1) is 0 Å². The van der Waals surface area contributed by atoms with Crippen molar-refractivity contribution in [2.45, 2.75) is 19.4 Å². The summed E-state index contributed by atoms with van der Waals surface area (Å²) in [5.74, 6) is -1.76. The fraction of sp³-hybridized carbons (Fsp3) is 0.214.